The van der Waals surface area contributed by atoms with Crippen LogP contribution in [-0.2, 0) is 4.79 Å². The highest BCUT2D eigenvalue weighted by Gasteiger charge is 1.90. The monoisotopic (exact) mass is 164 g/mol. The average Bonchev–Trinajstić information content (AvgIpc) is 2.05. The summed E-state index contributed by atoms with van der Waals surface area (Å²) in [6.45, 7) is -0.212. The number of carbonyl (C=O) groups is 1. The molecule has 0 amide bonds. The van der Waals surface area contributed by atoms with Crippen molar-refractivity contribution in [2.75, 3.05) is 6.54 Å². The van der Waals surface area contributed by atoms with E-state index in [0.717, 1.165) is 0 Å². The molecule has 1 heterocycles. The van der Waals surface area contributed by atoms with Gasteiger partial charge < -0.3 is 5.11 Å². The van der Waals surface area contributed by atoms with Gasteiger partial charge in [0.1, 0.15) is 6.54 Å². The van der Waals surface area contributed by atoms with Crippen LogP contribution in [-0.4, -0.2) is 28.8 Å². The summed E-state index contributed by atoms with van der Waals surface area (Å²) in [4.78, 5) is 17.6. The quantitative estimate of drug-likeness (QED) is 0.665. The molecule has 0 spiro atoms. The smallest absolute Gasteiger partial charge is 0.325 e. The van der Waals surface area contributed by atoms with E-state index in [1.807, 2.05) is 6.07 Å². The summed E-state index contributed by atoms with van der Waals surface area (Å²) < 4.78 is 0. The van der Waals surface area contributed by atoms with E-state index in [9.17, 15) is 4.79 Å². The Balaban J connectivity index is 2.52. The van der Waals surface area contributed by atoms with E-state index in [1.54, 1.807) is 18.3 Å². The van der Waals surface area contributed by atoms with E-state index < -0.39 is 5.97 Å². The number of hydrogen-bond acceptors (Lipinski definition) is 3. The van der Waals surface area contributed by atoms with Crippen LogP contribution in [0, 0.1) is 0 Å². The van der Waals surface area contributed by atoms with Gasteiger partial charge in [0.25, 0.3) is 0 Å². The molecule has 0 aliphatic carbocycles. The molecule has 4 heteroatoms. The van der Waals surface area contributed by atoms with E-state index in [-0.39, 0.29) is 6.54 Å². The highest BCUT2D eigenvalue weighted by atomic mass is 16.4. The lowest BCUT2D eigenvalue weighted by Gasteiger charge is -1.88. The summed E-state index contributed by atoms with van der Waals surface area (Å²) in [5, 5.41) is 8.26. The number of carboxylic acids is 1. The van der Waals surface area contributed by atoms with Gasteiger partial charge in [-0.2, -0.15) is 0 Å². The van der Waals surface area contributed by atoms with E-state index in [2.05, 4.69) is 9.98 Å². The molecule has 62 valence electrons. The van der Waals surface area contributed by atoms with Crippen LogP contribution in [0.5, 0.6) is 0 Å². The van der Waals surface area contributed by atoms with Gasteiger partial charge in [0.05, 0.1) is 5.69 Å². The summed E-state index contributed by atoms with van der Waals surface area (Å²) in [5.41, 5.74) is 0.666. The molecule has 12 heavy (non-hydrogen) atoms. The predicted octanol–water partition coefficient (Wildman–Crippen LogP) is 0.585. The van der Waals surface area contributed by atoms with Crippen molar-refractivity contribution in [3.8, 4) is 0 Å². The van der Waals surface area contributed by atoms with E-state index in [0.29, 0.717) is 5.69 Å². The lowest BCUT2D eigenvalue weighted by atomic mass is 10.4. The molecule has 0 aromatic carbocycles. The summed E-state index contributed by atoms with van der Waals surface area (Å²) in [5.74, 6) is -0.942. The minimum atomic E-state index is -0.942. The van der Waals surface area contributed by atoms with Gasteiger partial charge in [-0.15, -0.1) is 0 Å². The van der Waals surface area contributed by atoms with Gasteiger partial charge in [-0.1, -0.05) is 6.07 Å². The number of aromatic nitrogens is 1. The third-order valence-corrected chi connectivity index (χ3v) is 1.14. The highest BCUT2D eigenvalue weighted by molar-refractivity contribution is 5.79. The SMILES string of the molecule is O=C(O)CN=Cc1ccccn1. The van der Waals surface area contributed by atoms with Crippen LogP contribution in [0.2, 0.25) is 0 Å². The standard InChI is InChI=1S/C8H8N2O2/c11-8(12)6-9-5-7-3-1-2-4-10-7/h1-5H,6H2,(H,11,12). The van der Waals surface area contributed by atoms with Gasteiger partial charge in [0.2, 0.25) is 0 Å². The number of aliphatic imine (C=N–C) groups is 1. The molecule has 1 aromatic rings. The van der Waals surface area contributed by atoms with Crippen molar-refractivity contribution >= 4 is 12.2 Å². The third kappa shape index (κ3) is 2.92. The molecule has 0 aliphatic rings. The first-order valence-corrected chi connectivity index (χ1v) is 3.41. The maximum absolute atomic E-state index is 10.1. The number of nitrogens with zero attached hydrogens (tertiary/aromatic N) is 2. The normalized spacial score (nSPS) is 10.3. The van der Waals surface area contributed by atoms with Gasteiger partial charge in [0.15, 0.2) is 0 Å². The first-order valence-electron chi connectivity index (χ1n) is 3.41. The molecule has 1 N–H and O–H groups in total. The van der Waals surface area contributed by atoms with Gasteiger partial charge in [-0.25, -0.2) is 0 Å². The van der Waals surface area contributed by atoms with Crippen LogP contribution in [0.15, 0.2) is 29.4 Å². The molecule has 1 rings (SSSR count). The summed E-state index contributed by atoms with van der Waals surface area (Å²) >= 11 is 0. The van der Waals surface area contributed by atoms with Crippen LogP contribution in [0.25, 0.3) is 0 Å². The Hall–Kier alpha value is -1.71. The van der Waals surface area contributed by atoms with Crippen LogP contribution in [0.1, 0.15) is 5.69 Å². The Bertz CT molecular complexity index is 282. The van der Waals surface area contributed by atoms with Gasteiger partial charge in [-0.3, -0.25) is 14.8 Å². The Kier molecular flexibility index (Phi) is 2.95. The largest absolute Gasteiger partial charge is 0.480 e. The molecule has 0 saturated heterocycles. The molecule has 0 atom stereocenters. The second-order valence-electron chi connectivity index (χ2n) is 2.12. The molecular weight excluding hydrogens is 156 g/mol. The van der Waals surface area contributed by atoms with Crippen LogP contribution < -0.4 is 0 Å². The molecular formula is C8H8N2O2. The first kappa shape index (κ1) is 8.39. The van der Waals surface area contributed by atoms with Crippen molar-refractivity contribution in [2.24, 2.45) is 4.99 Å². The van der Waals surface area contributed by atoms with Gasteiger partial charge in [0, 0.05) is 12.4 Å². The molecule has 0 saturated carbocycles. The fraction of sp³-hybridized carbons (Fsp3) is 0.125. The minimum Gasteiger partial charge on any atom is -0.480 e. The minimum absolute atomic E-state index is 0.212. The highest BCUT2D eigenvalue weighted by Crippen LogP contribution is 1.87. The van der Waals surface area contributed by atoms with Crippen molar-refractivity contribution in [1.29, 1.82) is 0 Å². The Morgan fingerprint density at radius 3 is 3.08 bits per heavy atom. The zero-order chi connectivity index (χ0) is 8.81. The second-order valence-corrected chi connectivity index (χ2v) is 2.12. The third-order valence-electron chi connectivity index (χ3n) is 1.14. The van der Waals surface area contributed by atoms with Gasteiger partial charge in [-0.05, 0) is 12.1 Å². The lowest BCUT2D eigenvalue weighted by Crippen LogP contribution is -1.99. The maximum Gasteiger partial charge on any atom is 0.325 e. The molecule has 0 radical (unpaired) electrons. The van der Waals surface area contributed by atoms with Crippen molar-refractivity contribution in [1.82, 2.24) is 4.98 Å². The van der Waals surface area contributed by atoms with Crippen molar-refractivity contribution in [3.05, 3.63) is 30.1 Å². The fourth-order valence-corrected chi connectivity index (χ4v) is 0.670. The topological polar surface area (TPSA) is 62.5 Å². The summed E-state index contributed by atoms with van der Waals surface area (Å²) in [6.07, 6.45) is 3.07. The number of pyridine rings is 1. The van der Waals surface area contributed by atoms with E-state index >= 15 is 0 Å². The van der Waals surface area contributed by atoms with Crippen molar-refractivity contribution in [3.63, 3.8) is 0 Å². The van der Waals surface area contributed by atoms with Crippen molar-refractivity contribution < 1.29 is 9.90 Å². The number of carboxylic acid groups (broad SMARTS) is 1. The molecule has 0 fully saturated rings. The van der Waals surface area contributed by atoms with Crippen LogP contribution >= 0.6 is 0 Å². The number of aliphatic carboxylic acids is 1. The summed E-state index contributed by atoms with van der Waals surface area (Å²) in [6, 6.07) is 5.36. The summed E-state index contributed by atoms with van der Waals surface area (Å²) in [7, 11) is 0. The zero-order valence-corrected chi connectivity index (χ0v) is 6.34. The molecule has 1 aromatic heterocycles. The van der Waals surface area contributed by atoms with Crippen LogP contribution in [0.4, 0.5) is 0 Å². The second kappa shape index (κ2) is 4.23. The fourth-order valence-electron chi connectivity index (χ4n) is 0.670. The molecule has 0 aliphatic heterocycles. The Labute approximate surface area is 69.6 Å². The van der Waals surface area contributed by atoms with Gasteiger partial charge >= 0.3 is 5.97 Å². The van der Waals surface area contributed by atoms with Crippen molar-refractivity contribution in [2.45, 2.75) is 0 Å². The Morgan fingerprint density at radius 2 is 2.50 bits per heavy atom. The zero-order valence-electron chi connectivity index (χ0n) is 6.34. The lowest BCUT2D eigenvalue weighted by molar-refractivity contribution is -0.135. The van der Waals surface area contributed by atoms with E-state index in [1.165, 1.54) is 6.21 Å². The molecule has 0 unspecified atom stereocenters. The Morgan fingerprint density at radius 1 is 1.67 bits per heavy atom. The number of rotatable bonds is 3. The predicted molar refractivity (Wildman–Crippen MR) is 44.3 cm³/mol. The maximum atomic E-state index is 10.1. The average molecular weight is 164 g/mol. The van der Waals surface area contributed by atoms with E-state index in [4.69, 9.17) is 5.11 Å². The molecule has 4 nitrogen and oxygen atoms in total. The first-order chi connectivity index (χ1) is 5.79. The van der Waals surface area contributed by atoms with Crippen LogP contribution in [0.3, 0.4) is 0 Å². The molecule has 0 bridgehead atoms. The number of hydrogen-bond donors (Lipinski definition) is 1.